The van der Waals surface area contributed by atoms with E-state index in [1.54, 1.807) is 6.20 Å². The standard InChI is InChI=1S/C22H14N2O/c1-2-10-21-16(7-1)17-13-15(19-8-3-5-11-23-19)14-18(22(17)25-21)20-9-4-6-12-24-20/h1-14H. The minimum atomic E-state index is 0.861. The molecule has 0 spiro atoms. The van der Waals surface area contributed by atoms with Gasteiger partial charge in [0.25, 0.3) is 0 Å². The van der Waals surface area contributed by atoms with E-state index in [2.05, 4.69) is 28.2 Å². The maximum absolute atomic E-state index is 6.17. The van der Waals surface area contributed by atoms with Crippen molar-refractivity contribution < 1.29 is 4.42 Å². The van der Waals surface area contributed by atoms with Gasteiger partial charge in [0.15, 0.2) is 0 Å². The molecule has 3 aromatic heterocycles. The predicted octanol–water partition coefficient (Wildman–Crippen LogP) is 5.71. The van der Waals surface area contributed by atoms with Gasteiger partial charge in [0.2, 0.25) is 0 Å². The van der Waals surface area contributed by atoms with Gasteiger partial charge in [-0.1, -0.05) is 30.3 Å². The number of aromatic nitrogens is 2. The molecule has 3 nitrogen and oxygen atoms in total. The van der Waals surface area contributed by atoms with Crippen molar-refractivity contribution in [2.45, 2.75) is 0 Å². The number of nitrogens with zero attached hydrogens (tertiary/aromatic N) is 2. The van der Waals surface area contributed by atoms with Crippen LogP contribution in [0.1, 0.15) is 0 Å². The molecule has 0 bridgehead atoms. The van der Waals surface area contributed by atoms with Gasteiger partial charge in [-0.2, -0.15) is 0 Å². The molecule has 0 radical (unpaired) electrons. The molecule has 3 heteroatoms. The molecule has 0 fully saturated rings. The maximum Gasteiger partial charge on any atom is 0.144 e. The first kappa shape index (κ1) is 13.9. The molecule has 0 aliphatic heterocycles. The van der Waals surface area contributed by atoms with Crippen molar-refractivity contribution in [3.05, 3.63) is 85.2 Å². The zero-order chi connectivity index (χ0) is 16.6. The highest BCUT2D eigenvalue weighted by molar-refractivity contribution is 6.10. The highest BCUT2D eigenvalue weighted by Gasteiger charge is 2.15. The number of hydrogen-bond donors (Lipinski definition) is 0. The lowest BCUT2D eigenvalue weighted by Crippen LogP contribution is -1.87. The fraction of sp³-hybridized carbons (Fsp3) is 0. The second-order valence-electron chi connectivity index (χ2n) is 5.93. The first-order chi connectivity index (χ1) is 12.4. The molecule has 5 rings (SSSR count). The van der Waals surface area contributed by atoms with Crippen LogP contribution in [0.5, 0.6) is 0 Å². The van der Waals surface area contributed by atoms with Gasteiger partial charge >= 0.3 is 0 Å². The summed E-state index contributed by atoms with van der Waals surface area (Å²) < 4.78 is 6.17. The summed E-state index contributed by atoms with van der Waals surface area (Å²) in [6, 6.07) is 24.2. The van der Waals surface area contributed by atoms with Crippen LogP contribution in [0.2, 0.25) is 0 Å². The molecular formula is C22H14N2O. The monoisotopic (exact) mass is 322 g/mol. The highest BCUT2D eigenvalue weighted by Crippen LogP contribution is 2.38. The molecule has 0 aliphatic carbocycles. The quantitative estimate of drug-likeness (QED) is 0.418. The Morgan fingerprint density at radius 2 is 1.36 bits per heavy atom. The minimum absolute atomic E-state index is 0.861. The fourth-order valence-electron chi connectivity index (χ4n) is 3.22. The number of furan rings is 1. The molecule has 0 saturated heterocycles. The highest BCUT2D eigenvalue weighted by atomic mass is 16.3. The van der Waals surface area contributed by atoms with E-state index >= 15 is 0 Å². The molecule has 5 aromatic rings. The van der Waals surface area contributed by atoms with Gasteiger partial charge < -0.3 is 4.42 Å². The largest absolute Gasteiger partial charge is 0.455 e. The third-order valence-corrected chi connectivity index (χ3v) is 4.38. The summed E-state index contributed by atoms with van der Waals surface area (Å²) in [6.07, 6.45) is 3.62. The molecule has 0 saturated carbocycles. The van der Waals surface area contributed by atoms with Crippen LogP contribution in [0, 0.1) is 0 Å². The number of benzene rings is 2. The Bertz CT molecular complexity index is 1180. The van der Waals surface area contributed by atoms with Crippen LogP contribution in [0.4, 0.5) is 0 Å². The lowest BCUT2D eigenvalue weighted by Gasteiger charge is -2.06. The summed E-state index contributed by atoms with van der Waals surface area (Å²) in [5.74, 6) is 0. The van der Waals surface area contributed by atoms with Gasteiger partial charge in [0.1, 0.15) is 11.2 Å². The topological polar surface area (TPSA) is 38.9 Å². The number of para-hydroxylation sites is 1. The van der Waals surface area contributed by atoms with Gasteiger partial charge in [-0.15, -0.1) is 0 Å². The third kappa shape index (κ3) is 2.29. The van der Waals surface area contributed by atoms with Crippen molar-refractivity contribution in [2.24, 2.45) is 0 Å². The van der Waals surface area contributed by atoms with E-state index < -0.39 is 0 Å². The average Bonchev–Trinajstić information content (AvgIpc) is 3.07. The molecule has 118 valence electrons. The zero-order valence-corrected chi connectivity index (χ0v) is 13.4. The summed E-state index contributed by atoms with van der Waals surface area (Å²) in [6.45, 7) is 0. The second kappa shape index (κ2) is 5.56. The van der Waals surface area contributed by atoms with Crippen molar-refractivity contribution in [1.29, 1.82) is 0 Å². The predicted molar refractivity (Wildman–Crippen MR) is 100 cm³/mol. The van der Waals surface area contributed by atoms with E-state index in [1.165, 1.54) is 0 Å². The van der Waals surface area contributed by atoms with Crippen molar-refractivity contribution in [2.75, 3.05) is 0 Å². The average molecular weight is 322 g/mol. The van der Waals surface area contributed by atoms with Crippen LogP contribution in [-0.2, 0) is 0 Å². The Morgan fingerprint density at radius 3 is 2.12 bits per heavy atom. The lowest BCUT2D eigenvalue weighted by molar-refractivity contribution is 0.670. The second-order valence-corrected chi connectivity index (χ2v) is 5.93. The molecule has 2 aromatic carbocycles. The lowest BCUT2D eigenvalue weighted by atomic mass is 10.00. The SMILES string of the molecule is c1ccc(-c2cc(-c3ccccn3)c3oc4ccccc4c3c2)nc1. The maximum atomic E-state index is 6.17. The van der Waals surface area contributed by atoms with Crippen LogP contribution in [-0.4, -0.2) is 9.97 Å². The smallest absolute Gasteiger partial charge is 0.144 e. The number of fused-ring (bicyclic) bond motifs is 3. The van der Waals surface area contributed by atoms with Gasteiger partial charge in [-0.05, 0) is 42.5 Å². The van der Waals surface area contributed by atoms with E-state index in [0.717, 1.165) is 44.5 Å². The van der Waals surface area contributed by atoms with Crippen LogP contribution in [0.15, 0.2) is 89.6 Å². The molecule has 0 unspecified atom stereocenters. The summed E-state index contributed by atoms with van der Waals surface area (Å²) in [5, 5.41) is 2.19. The molecule has 25 heavy (non-hydrogen) atoms. The molecule has 0 amide bonds. The number of pyridine rings is 2. The van der Waals surface area contributed by atoms with E-state index in [1.807, 2.05) is 60.8 Å². The van der Waals surface area contributed by atoms with Crippen molar-refractivity contribution in [3.63, 3.8) is 0 Å². The van der Waals surface area contributed by atoms with E-state index in [9.17, 15) is 0 Å². The Hall–Kier alpha value is -3.46. The Labute approximate surface area is 144 Å². The van der Waals surface area contributed by atoms with Crippen molar-refractivity contribution in [3.8, 4) is 22.5 Å². The van der Waals surface area contributed by atoms with Crippen LogP contribution >= 0.6 is 0 Å². The minimum Gasteiger partial charge on any atom is -0.455 e. The van der Waals surface area contributed by atoms with Crippen LogP contribution < -0.4 is 0 Å². The Kier molecular flexibility index (Phi) is 3.10. The Balaban J connectivity index is 1.90. The third-order valence-electron chi connectivity index (χ3n) is 4.38. The van der Waals surface area contributed by atoms with E-state index in [-0.39, 0.29) is 0 Å². The molecule has 0 atom stereocenters. The van der Waals surface area contributed by atoms with E-state index in [0.29, 0.717) is 0 Å². The summed E-state index contributed by atoms with van der Waals surface area (Å²) >= 11 is 0. The fourth-order valence-corrected chi connectivity index (χ4v) is 3.22. The van der Waals surface area contributed by atoms with E-state index in [4.69, 9.17) is 4.42 Å². The first-order valence-corrected chi connectivity index (χ1v) is 8.18. The zero-order valence-electron chi connectivity index (χ0n) is 13.4. The van der Waals surface area contributed by atoms with Gasteiger partial charge in [-0.25, -0.2) is 0 Å². The first-order valence-electron chi connectivity index (χ1n) is 8.18. The Morgan fingerprint density at radius 1 is 0.640 bits per heavy atom. The summed E-state index contributed by atoms with van der Waals surface area (Å²) in [5.41, 5.74) is 5.61. The van der Waals surface area contributed by atoms with Crippen molar-refractivity contribution in [1.82, 2.24) is 9.97 Å². The van der Waals surface area contributed by atoms with Crippen molar-refractivity contribution >= 4 is 21.9 Å². The summed E-state index contributed by atoms with van der Waals surface area (Å²) in [7, 11) is 0. The normalized spacial score (nSPS) is 11.2. The number of rotatable bonds is 2. The van der Waals surface area contributed by atoms with Crippen LogP contribution in [0.3, 0.4) is 0 Å². The number of hydrogen-bond acceptors (Lipinski definition) is 3. The molecule has 0 N–H and O–H groups in total. The van der Waals surface area contributed by atoms with Gasteiger partial charge in [0.05, 0.1) is 11.4 Å². The van der Waals surface area contributed by atoms with Gasteiger partial charge in [-0.3, -0.25) is 9.97 Å². The molecular weight excluding hydrogens is 308 g/mol. The van der Waals surface area contributed by atoms with Crippen LogP contribution in [0.25, 0.3) is 44.5 Å². The molecule has 0 aliphatic rings. The molecule has 3 heterocycles. The summed E-state index contributed by atoms with van der Waals surface area (Å²) in [4.78, 5) is 9.03. The van der Waals surface area contributed by atoms with Gasteiger partial charge in [0, 0.05) is 34.3 Å².